The highest BCUT2D eigenvalue weighted by Crippen LogP contribution is 2.19. The molecule has 0 unspecified atom stereocenters. The maximum atomic E-state index is 12.3. The highest BCUT2D eigenvalue weighted by atomic mass is 16.3. The Hall–Kier alpha value is -5.34. The minimum atomic E-state index is -0.810. The lowest BCUT2D eigenvalue weighted by atomic mass is 10.2. The minimum absolute atomic E-state index is 0.174. The lowest BCUT2D eigenvalue weighted by Gasteiger charge is -2.09. The summed E-state index contributed by atoms with van der Waals surface area (Å²) in [4.78, 5) is 53.4. The molecule has 0 aliphatic heterocycles. The van der Waals surface area contributed by atoms with Crippen molar-refractivity contribution in [2.24, 2.45) is 0 Å². The van der Waals surface area contributed by atoms with Gasteiger partial charge in [0.2, 0.25) is 11.8 Å². The molecule has 4 aromatic rings. The molecule has 0 atom stereocenters. The third-order valence-corrected chi connectivity index (χ3v) is 5.51. The maximum absolute atomic E-state index is 12.3. The molecule has 0 saturated heterocycles. The first-order chi connectivity index (χ1) is 17.7. The summed E-state index contributed by atoms with van der Waals surface area (Å²) >= 11 is 0. The summed E-state index contributed by atoms with van der Waals surface area (Å²) in [6.45, 7) is 3.74. The first-order valence-electron chi connectivity index (χ1n) is 11.1. The van der Waals surface area contributed by atoms with Crippen LogP contribution in [0.25, 0.3) is 23.5 Å². The van der Waals surface area contributed by atoms with Crippen LogP contribution in [0.5, 0.6) is 11.8 Å². The van der Waals surface area contributed by atoms with Crippen molar-refractivity contribution >= 4 is 12.2 Å². The average Bonchev–Trinajstić information content (AvgIpc) is 2.84. The Balaban J connectivity index is 1.69. The van der Waals surface area contributed by atoms with Crippen molar-refractivity contribution in [2.75, 3.05) is 0 Å². The molecule has 2 aromatic carbocycles. The lowest BCUT2D eigenvalue weighted by molar-refractivity contribution is 0.429. The summed E-state index contributed by atoms with van der Waals surface area (Å²) in [5.41, 5.74) is 1.73. The molecule has 2 aromatic heterocycles. The van der Waals surface area contributed by atoms with Crippen LogP contribution in [-0.2, 0) is 0 Å². The van der Waals surface area contributed by atoms with Crippen LogP contribution < -0.4 is 22.5 Å². The van der Waals surface area contributed by atoms with Gasteiger partial charge in [-0.05, 0) is 56.3 Å². The molecule has 0 aliphatic carbocycles. The molecule has 10 heteroatoms. The lowest BCUT2D eigenvalue weighted by Crippen LogP contribution is -2.30. The van der Waals surface area contributed by atoms with Crippen LogP contribution in [0.3, 0.4) is 0 Å². The number of rotatable bonds is 5. The van der Waals surface area contributed by atoms with E-state index >= 15 is 0 Å². The van der Waals surface area contributed by atoms with E-state index in [-0.39, 0.29) is 11.1 Å². The van der Waals surface area contributed by atoms with Crippen LogP contribution >= 0.6 is 0 Å². The molecule has 37 heavy (non-hydrogen) atoms. The van der Waals surface area contributed by atoms with Crippen molar-refractivity contribution in [1.29, 1.82) is 0 Å². The van der Waals surface area contributed by atoms with Crippen LogP contribution in [0.2, 0.25) is 0 Å². The van der Waals surface area contributed by atoms with E-state index in [1.165, 1.54) is 24.3 Å². The molecule has 4 rings (SSSR count). The van der Waals surface area contributed by atoms with Gasteiger partial charge in [0.25, 0.3) is 11.1 Å². The molecule has 0 aliphatic rings. The van der Waals surface area contributed by atoms with E-state index in [1.54, 1.807) is 48.5 Å². The summed E-state index contributed by atoms with van der Waals surface area (Å²) in [7, 11) is 0. The molecule has 186 valence electrons. The van der Waals surface area contributed by atoms with E-state index in [2.05, 4.69) is 15.7 Å². The van der Waals surface area contributed by atoms with Gasteiger partial charge in [-0.15, -0.1) is 5.73 Å². The van der Waals surface area contributed by atoms with Gasteiger partial charge in [-0.2, -0.15) is 0 Å². The second-order valence-electron chi connectivity index (χ2n) is 8.17. The van der Waals surface area contributed by atoms with Crippen LogP contribution in [0.15, 0.2) is 85.6 Å². The Kier molecular flexibility index (Phi) is 6.77. The Labute approximate surface area is 209 Å². The smallest absolute Gasteiger partial charge is 0.335 e. The highest BCUT2D eigenvalue weighted by molar-refractivity contribution is 5.58. The Morgan fingerprint density at radius 1 is 0.703 bits per heavy atom. The van der Waals surface area contributed by atoms with E-state index < -0.39 is 34.3 Å². The molecule has 0 spiro atoms. The minimum Gasteiger partial charge on any atom is -0.494 e. The van der Waals surface area contributed by atoms with E-state index in [4.69, 9.17) is 0 Å². The maximum Gasteiger partial charge on any atom is 0.335 e. The van der Waals surface area contributed by atoms with E-state index in [0.29, 0.717) is 11.4 Å². The quantitative estimate of drug-likeness (QED) is 0.245. The van der Waals surface area contributed by atoms with Gasteiger partial charge in [-0.1, -0.05) is 41.5 Å². The molecule has 0 fully saturated rings. The molecule has 10 nitrogen and oxygen atoms in total. The number of H-pyrrole nitrogens is 2. The fourth-order valence-corrected chi connectivity index (χ4v) is 3.56. The predicted octanol–water partition coefficient (Wildman–Crippen LogP) is 2.27. The number of hydrogen-bond acceptors (Lipinski definition) is 6. The van der Waals surface area contributed by atoms with Crippen molar-refractivity contribution in [1.82, 2.24) is 19.1 Å². The second kappa shape index (κ2) is 10.1. The largest absolute Gasteiger partial charge is 0.494 e. The number of aromatic amines is 2. The number of aryl methyl sites for hydroxylation is 2. The summed E-state index contributed by atoms with van der Waals surface area (Å²) in [5.74, 6) is -1.12. The third kappa shape index (κ3) is 5.04. The van der Waals surface area contributed by atoms with Gasteiger partial charge < -0.3 is 10.2 Å². The number of aromatic hydroxyl groups is 2. The van der Waals surface area contributed by atoms with Gasteiger partial charge in [0.05, 0.1) is 11.4 Å². The Bertz CT molecular complexity index is 1810. The van der Waals surface area contributed by atoms with Gasteiger partial charge in [0.1, 0.15) is 11.1 Å². The Morgan fingerprint density at radius 3 is 1.62 bits per heavy atom. The van der Waals surface area contributed by atoms with Gasteiger partial charge >= 0.3 is 11.4 Å². The number of benzene rings is 2. The van der Waals surface area contributed by atoms with Crippen molar-refractivity contribution < 1.29 is 10.2 Å². The van der Waals surface area contributed by atoms with Gasteiger partial charge in [-0.25, -0.2) is 18.7 Å². The summed E-state index contributed by atoms with van der Waals surface area (Å²) < 4.78 is 1.92. The molecule has 0 saturated carbocycles. The first kappa shape index (κ1) is 24.8. The van der Waals surface area contributed by atoms with Gasteiger partial charge in [0, 0.05) is 0 Å². The van der Waals surface area contributed by atoms with Crippen LogP contribution in [0.1, 0.15) is 22.3 Å². The van der Waals surface area contributed by atoms with E-state index in [0.717, 1.165) is 20.3 Å². The van der Waals surface area contributed by atoms with Crippen molar-refractivity contribution in [3.8, 4) is 23.1 Å². The number of aromatic nitrogens is 4. The second-order valence-corrected chi connectivity index (χ2v) is 8.17. The third-order valence-electron chi connectivity index (χ3n) is 5.51. The van der Waals surface area contributed by atoms with E-state index in [9.17, 15) is 29.4 Å². The molecule has 0 amide bonds. The summed E-state index contributed by atoms with van der Waals surface area (Å²) in [5, 5.41) is 21.2. The zero-order valence-corrected chi connectivity index (χ0v) is 19.9. The van der Waals surface area contributed by atoms with Crippen molar-refractivity contribution in [3.63, 3.8) is 0 Å². The molecular formula is C27H22N4O6. The zero-order valence-electron chi connectivity index (χ0n) is 19.9. The molecular weight excluding hydrogens is 476 g/mol. The van der Waals surface area contributed by atoms with E-state index in [1.807, 2.05) is 13.8 Å². The molecule has 0 radical (unpaired) electrons. The number of allylic oxidation sites excluding steroid dienone is 2. The van der Waals surface area contributed by atoms with Crippen molar-refractivity contribution in [2.45, 2.75) is 13.8 Å². The summed E-state index contributed by atoms with van der Waals surface area (Å²) in [6, 6.07) is 13.5. The number of nitrogens with zero attached hydrogens (tertiary/aromatic N) is 2. The van der Waals surface area contributed by atoms with Gasteiger partial charge in [0.15, 0.2) is 0 Å². The molecule has 4 N–H and O–H groups in total. The number of hydrogen-bond donors (Lipinski definition) is 4. The SMILES string of the molecule is Cc1ccc(-n2c(O)c(C=C=CC=Cc3c(O)n(-c4ccc(C)cc4)c(=O)[nH]c3=O)c(=O)[nH]c2=O)cc1. The predicted molar refractivity (Wildman–Crippen MR) is 140 cm³/mol. The number of nitrogens with one attached hydrogen (secondary N) is 2. The van der Waals surface area contributed by atoms with Crippen LogP contribution in [-0.4, -0.2) is 29.3 Å². The highest BCUT2D eigenvalue weighted by Gasteiger charge is 2.14. The fourth-order valence-electron chi connectivity index (χ4n) is 3.56. The Morgan fingerprint density at radius 2 is 1.14 bits per heavy atom. The standard InChI is InChI=1S/C27H22N4O6/c1-16-8-12-18(13-9-16)30-24(34)20(22(32)28-26(30)36)6-4-3-5-7-21-23(33)29-27(37)31(25(21)35)19-14-10-17(2)11-15-19/h3-4,6-15,34-35H,1-2H3,(H,28,32,36)(H,29,33,37). The molecule has 0 bridgehead atoms. The topological polar surface area (TPSA) is 150 Å². The zero-order chi connectivity index (χ0) is 26.7. The normalized spacial score (nSPS) is 10.9. The van der Waals surface area contributed by atoms with Crippen LogP contribution in [0.4, 0.5) is 0 Å². The van der Waals surface area contributed by atoms with Crippen LogP contribution in [0, 0.1) is 13.8 Å². The van der Waals surface area contributed by atoms with Crippen molar-refractivity contribution in [3.05, 3.63) is 130 Å². The summed E-state index contributed by atoms with van der Waals surface area (Å²) in [6.07, 6.45) is 5.10. The van der Waals surface area contributed by atoms with Gasteiger partial charge in [-0.3, -0.25) is 19.6 Å². The fraction of sp³-hybridized carbons (Fsp3) is 0.0741. The average molecular weight is 498 g/mol. The molecule has 2 heterocycles. The monoisotopic (exact) mass is 498 g/mol. The first-order valence-corrected chi connectivity index (χ1v) is 11.1.